The minimum absolute atomic E-state index is 0.0349. The highest BCUT2D eigenvalue weighted by atomic mass is 35.5. The topological polar surface area (TPSA) is 49.3 Å². The number of anilines is 1. The Morgan fingerprint density at radius 3 is 2.60 bits per heavy atom. The summed E-state index contributed by atoms with van der Waals surface area (Å²) in [6.07, 6.45) is 0.732. The van der Waals surface area contributed by atoms with Crippen LogP contribution in [0.1, 0.15) is 34.8 Å². The molecule has 3 aromatic rings. The Labute approximate surface area is 186 Å². The summed E-state index contributed by atoms with van der Waals surface area (Å²) in [5.41, 5.74) is 3.30. The average molecular weight is 441 g/mol. The molecule has 2 atom stereocenters. The Morgan fingerprint density at radius 2 is 1.90 bits per heavy atom. The second-order valence-corrected chi connectivity index (χ2v) is 8.92. The number of rotatable bonds is 5. The van der Waals surface area contributed by atoms with Crippen LogP contribution in [0.4, 0.5) is 5.13 Å². The van der Waals surface area contributed by atoms with Crippen molar-refractivity contribution in [2.75, 3.05) is 24.5 Å². The lowest BCUT2D eigenvalue weighted by Gasteiger charge is -2.40. The lowest BCUT2D eigenvalue weighted by Crippen LogP contribution is -2.54. The lowest BCUT2D eigenvalue weighted by molar-refractivity contribution is -0.133. The zero-order valence-electron chi connectivity index (χ0n) is 17.2. The first-order chi connectivity index (χ1) is 14.5. The molecule has 2 aromatic carbocycles. The van der Waals surface area contributed by atoms with Crippen LogP contribution in [0.5, 0.6) is 0 Å². The van der Waals surface area contributed by atoms with Crippen molar-refractivity contribution in [1.82, 2.24) is 14.3 Å². The minimum atomic E-state index is -0.650. The number of aryl methyl sites for hydroxylation is 1. The van der Waals surface area contributed by atoms with Crippen molar-refractivity contribution >= 4 is 34.2 Å². The number of amides is 1. The van der Waals surface area contributed by atoms with Gasteiger partial charge in [-0.2, -0.15) is 4.37 Å². The highest BCUT2D eigenvalue weighted by Crippen LogP contribution is 2.27. The third-order valence-electron chi connectivity index (χ3n) is 5.43. The molecule has 0 bridgehead atoms. The van der Waals surface area contributed by atoms with Gasteiger partial charge in [-0.3, -0.25) is 4.79 Å². The third kappa shape index (κ3) is 4.65. The van der Waals surface area contributed by atoms with E-state index in [1.165, 1.54) is 22.7 Å². The third-order valence-corrected chi connectivity index (χ3v) is 6.68. The van der Waals surface area contributed by atoms with E-state index in [0.29, 0.717) is 6.54 Å². The van der Waals surface area contributed by atoms with Crippen LogP contribution in [0.2, 0.25) is 0 Å². The Balaban J connectivity index is 1.38. The van der Waals surface area contributed by atoms with Gasteiger partial charge >= 0.3 is 0 Å². The Kier molecular flexibility index (Phi) is 6.35. The van der Waals surface area contributed by atoms with Crippen molar-refractivity contribution in [3.8, 4) is 0 Å². The highest BCUT2D eigenvalue weighted by molar-refractivity contribution is 7.09. The molecule has 1 fully saturated rings. The summed E-state index contributed by atoms with van der Waals surface area (Å²) < 4.78 is 4.54. The predicted molar refractivity (Wildman–Crippen MR) is 122 cm³/mol. The van der Waals surface area contributed by atoms with Gasteiger partial charge < -0.3 is 9.80 Å². The van der Waals surface area contributed by atoms with Gasteiger partial charge in [-0.05, 0) is 25.0 Å². The summed E-state index contributed by atoms with van der Waals surface area (Å²) in [5, 5.41) is 0.268. The largest absolute Gasteiger partial charge is 0.343 e. The van der Waals surface area contributed by atoms with Crippen LogP contribution in [0.3, 0.4) is 0 Å². The van der Waals surface area contributed by atoms with Crippen LogP contribution < -0.4 is 4.90 Å². The molecule has 2 unspecified atom stereocenters. The number of carbonyl (C=O) groups is 1. The first-order valence-electron chi connectivity index (χ1n) is 10.1. The summed E-state index contributed by atoms with van der Waals surface area (Å²) in [7, 11) is 0. The van der Waals surface area contributed by atoms with Crippen LogP contribution in [0, 0.1) is 6.92 Å². The molecule has 1 aromatic heterocycles. The molecule has 1 aliphatic rings. The quantitative estimate of drug-likeness (QED) is 0.550. The van der Waals surface area contributed by atoms with Gasteiger partial charge in [0, 0.05) is 43.6 Å². The number of hydrogen-bond donors (Lipinski definition) is 0. The molecule has 5 nitrogen and oxygen atoms in total. The number of nitrogens with zero attached hydrogens (tertiary/aromatic N) is 4. The molecule has 156 valence electrons. The van der Waals surface area contributed by atoms with E-state index in [9.17, 15) is 4.79 Å². The first kappa shape index (κ1) is 20.8. The fourth-order valence-electron chi connectivity index (χ4n) is 3.70. The summed E-state index contributed by atoms with van der Waals surface area (Å²) in [6.45, 7) is 6.23. The highest BCUT2D eigenvalue weighted by Gasteiger charge is 2.32. The predicted octanol–water partition coefficient (Wildman–Crippen LogP) is 4.45. The molecule has 0 spiro atoms. The van der Waals surface area contributed by atoms with E-state index in [-0.39, 0.29) is 11.9 Å². The molecule has 0 N–H and O–H groups in total. The maximum absolute atomic E-state index is 12.9. The molecule has 7 heteroatoms. The number of halogens is 1. The first-order valence-corrected chi connectivity index (χ1v) is 11.3. The van der Waals surface area contributed by atoms with Gasteiger partial charge in [0.05, 0.1) is 0 Å². The molecule has 1 aliphatic heterocycles. The zero-order valence-corrected chi connectivity index (χ0v) is 18.7. The van der Waals surface area contributed by atoms with Gasteiger partial charge in [0.25, 0.3) is 0 Å². The summed E-state index contributed by atoms with van der Waals surface area (Å²) >= 11 is 7.90. The second-order valence-electron chi connectivity index (χ2n) is 7.76. The van der Waals surface area contributed by atoms with Crippen molar-refractivity contribution in [2.45, 2.75) is 31.7 Å². The molecule has 1 amide bonds. The number of hydrogen-bond acceptors (Lipinski definition) is 5. The van der Waals surface area contributed by atoms with Gasteiger partial charge in [0.1, 0.15) is 11.2 Å². The van der Waals surface area contributed by atoms with Crippen molar-refractivity contribution in [3.63, 3.8) is 0 Å². The molecule has 30 heavy (non-hydrogen) atoms. The van der Waals surface area contributed by atoms with Crippen LogP contribution in [0.15, 0.2) is 54.6 Å². The molecule has 2 heterocycles. The van der Waals surface area contributed by atoms with E-state index in [0.717, 1.165) is 36.0 Å². The summed E-state index contributed by atoms with van der Waals surface area (Å²) in [6, 6.07) is 18.1. The van der Waals surface area contributed by atoms with Gasteiger partial charge in [0.2, 0.25) is 11.0 Å². The van der Waals surface area contributed by atoms with Crippen molar-refractivity contribution in [2.24, 2.45) is 0 Å². The number of carbonyl (C=O) groups excluding carboxylic acids is 1. The summed E-state index contributed by atoms with van der Waals surface area (Å²) in [4.78, 5) is 21.8. The van der Waals surface area contributed by atoms with E-state index < -0.39 is 5.38 Å². The maximum atomic E-state index is 12.9. The van der Waals surface area contributed by atoms with Gasteiger partial charge in [-0.1, -0.05) is 60.2 Å². The van der Waals surface area contributed by atoms with E-state index in [4.69, 9.17) is 16.6 Å². The molecule has 1 saturated heterocycles. The SMILES string of the molecule is Cc1ccc(Cc2nsc(N3CCN(C(=O)C(Cl)c4ccccc4)C(C)C3)n2)cc1. The van der Waals surface area contributed by atoms with Crippen LogP contribution in [-0.4, -0.2) is 45.8 Å². The van der Waals surface area contributed by atoms with Crippen LogP contribution in [-0.2, 0) is 11.2 Å². The van der Waals surface area contributed by atoms with Crippen molar-refractivity contribution < 1.29 is 4.79 Å². The minimum Gasteiger partial charge on any atom is -0.343 e. The molecule has 0 aliphatic carbocycles. The fourth-order valence-corrected chi connectivity index (χ4v) is 4.69. The zero-order chi connectivity index (χ0) is 21.1. The molecular formula is C23H25ClN4OS. The molecule has 0 saturated carbocycles. The van der Waals surface area contributed by atoms with Gasteiger partial charge in [-0.15, -0.1) is 11.6 Å². The number of aromatic nitrogens is 2. The Morgan fingerprint density at radius 1 is 1.17 bits per heavy atom. The Bertz CT molecular complexity index is 992. The summed E-state index contributed by atoms with van der Waals surface area (Å²) in [5.74, 6) is 0.808. The number of benzene rings is 2. The monoisotopic (exact) mass is 440 g/mol. The van der Waals surface area contributed by atoms with E-state index >= 15 is 0 Å². The van der Waals surface area contributed by atoms with E-state index in [1.807, 2.05) is 35.2 Å². The van der Waals surface area contributed by atoms with Gasteiger partial charge in [0.15, 0.2) is 0 Å². The number of piperazine rings is 1. The van der Waals surface area contributed by atoms with Crippen LogP contribution >= 0.6 is 23.1 Å². The number of alkyl halides is 1. The molecule has 4 rings (SSSR count). The molecular weight excluding hydrogens is 416 g/mol. The lowest BCUT2D eigenvalue weighted by atomic mass is 10.1. The maximum Gasteiger partial charge on any atom is 0.245 e. The average Bonchev–Trinajstić information content (AvgIpc) is 3.23. The van der Waals surface area contributed by atoms with Crippen molar-refractivity contribution in [3.05, 3.63) is 77.1 Å². The fraction of sp³-hybridized carbons (Fsp3) is 0.348. The van der Waals surface area contributed by atoms with Crippen LogP contribution in [0.25, 0.3) is 0 Å². The van der Waals surface area contributed by atoms with E-state index in [2.05, 4.69) is 47.4 Å². The van der Waals surface area contributed by atoms with Crippen molar-refractivity contribution in [1.29, 1.82) is 0 Å². The normalized spacial score (nSPS) is 17.8. The standard InChI is InChI=1S/C23H25ClN4OS/c1-16-8-10-18(11-9-16)14-20-25-23(30-26-20)27-12-13-28(17(2)15-27)22(29)21(24)19-6-4-3-5-7-19/h3-11,17,21H,12-15H2,1-2H3. The Hall–Kier alpha value is -2.44. The smallest absolute Gasteiger partial charge is 0.245 e. The van der Waals surface area contributed by atoms with E-state index in [1.54, 1.807) is 0 Å². The van der Waals surface area contributed by atoms with Gasteiger partial charge in [-0.25, -0.2) is 4.98 Å². The molecule has 0 radical (unpaired) electrons. The second kappa shape index (κ2) is 9.14.